The molecule has 0 spiro atoms. The molecule has 25 heavy (non-hydrogen) atoms. The van der Waals surface area contributed by atoms with E-state index in [2.05, 4.69) is 34.8 Å². The highest BCUT2D eigenvalue weighted by molar-refractivity contribution is 5.97. The van der Waals surface area contributed by atoms with Crippen LogP contribution < -0.4 is 16.0 Å². The van der Waals surface area contributed by atoms with Crippen molar-refractivity contribution < 1.29 is 9.59 Å². The average Bonchev–Trinajstić information content (AvgIpc) is 2.59. The molecule has 0 saturated carbocycles. The van der Waals surface area contributed by atoms with Crippen molar-refractivity contribution >= 4 is 17.8 Å². The Morgan fingerprint density at radius 2 is 2.04 bits per heavy atom. The summed E-state index contributed by atoms with van der Waals surface area (Å²) in [5.74, 6) is 0.552. The third-order valence-electron chi connectivity index (χ3n) is 3.72. The SMILES string of the molecule is CCNC(=NCc1ccc(C(=O)N2CCNC(=O)C2)cc1)NC(C)C. The number of carbonyl (C=O) groups is 2. The highest BCUT2D eigenvalue weighted by atomic mass is 16.2. The van der Waals surface area contributed by atoms with Gasteiger partial charge in [-0.05, 0) is 38.5 Å². The van der Waals surface area contributed by atoms with E-state index in [4.69, 9.17) is 0 Å². The van der Waals surface area contributed by atoms with Crippen molar-refractivity contribution in [1.82, 2.24) is 20.9 Å². The van der Waals surface area contributed by atoms with E-state index in [1.165, 1.54) is 0 Å². The second-order valence-electron chi connectivity index (χ2n) is 6.27. The first-order valence-electron chi connectivity index (χ1n) is 8.69. The van der Waals surface area contributed by atoms with E-state index in [1.54, 1.807) is 17.0 Å². The van der Waals surface area contributed by atoms with Gasteiger partial charge in [0.15, 0.2) is 5.96 Å². The molecule has 3 N–H and O–H groups in total. The molecule has 7 heteroatoms. The average molecular weight is 345 g/mol. The minimum atomic E-state index is -0.112. The summed E-state index contributed by atoms with van der Waals surface area (Å²) in [5, 5.41) is 9.19. The second-order valence-corrected chi connectivity index (χ2v) is 6.27. The first-order chi connectivity index (χ1) is 12.0. The van der Waals surface area contributed by atoms with Gasteiger partial charge in [-0.2, -0.15) is 0 Å². The van der Waals surface area contributed by atoms with Crippen molar-refractivity contribution in [1.29, 1.82) is 0 Å². The third kappa shape index (κ3) is 5.77. The van der Waals surface area contributed by atoms with Crippen LogP contribution in [0.2, 0.25) is 0 Å². The number of nitrogens with one attached hydrogen (secondary N) is 3. The fraction of sp³-hybridized carbons (Fsp3) is 0.500. The number of nitrogens with zero attached hydrogens (tertiary/aromatic N) is 2. The highest BCUT2D eigenvalue weighted by Crippen LogP contribution is 2.10. The van der Waals surface area contributed by atoms with Crippen LogP contribution >= 0.6 is 0 Å². The summed E-state index contributed by atoms with van der Waals surface area (Å²) in [7, 11) is 0. The summed E-state index contributed by atoms with van der Waals surface area (Å²) in [6.45, 7) is 8.66. The molecule has 0 aromatic heterocycles. The number of hydrogen-bond acceptors (Lipinski definition) is 3. The third-order valence-corrected chi connectivity index (χ3v) is 3.72. The monoisotopic (exact) mass is 345 g/mol. The Hall–Kier alpha value is -2.57. The zero-order valence-electron chi connectivity index (χ0n) is 15.1. The van der Waals surface area contributed by atoms with Crippen LogP contribution in [-0.4, -0.2) is 54.9 Å². The Morgan fingerprint density at radius 3 is 2.64 bits per heavy atom. The van der Waals surface area contributed by atoms with Crippen LogP contribution in [0.5, 0.6) is 0 Å². The number of piperazine rings is 1. The van der Waals surface area contributed by atoms with E-state index in [-0.39, 0.29) is 18.4 Å². The molecular formula is C18H27N5O2. The van der Waals surface area contributed by atoms with Crippen LogP contribution in [0, 0.1) is 0 Å². The highest BCUT2D eigenvalue weighted by Gasteiger charge is 2.21. The predicted molar refractivity (Wildman–Crippen MR) is 98.4 cm³/mol. The summed E-state index contributed by atoms with van der Waals surface area (Å²) in [6, 6.07) is 7.70. The maximum Gasteiger partial charge on any atom is 0.254 e. The van der Waals surface area contributed by atoms with Crippen molar-refractivity contribution in [3.63, 3.8) is 0 Å². The maximum absolute atomic E-state index is 12.4. The fourth-order valence-corrected chi connectivity index (χ4v) is 2.51. The van der Waals surface area contributed by atoms with Crippen LogP contribution in [0.25, 0.3) is 0 Å². The summed E-state index contributed by atoms with van der Waals surface area (Å²) in [4.78, 5) is 30.0. The number of benzene rings is 1. The molecule has 0 radical (unpaired) electrons. The Balaban J connectivity index is 1.98. The summed E-state index contributed by atoms with van der Waals surface area (Å²) >= 11 is 0. The molecule has 1 aliphatic heterocycles. The lowest BCUT2D eigenvalue weighted by Crippen LogP contribution is -2.49. The van der Waals surface area contributed by atoms with Gasteiger partial charge in [0.05, 0.1) is 13.1 Å². The molecule has 1 fully saturated rings. The maximum atomic E-state index is 12.4. The number of carbonyl (C=O) groups excluding carboxylic acids is 2. The van der Waals surface area contributed by atoms with Gasteiger partial charge in [-0.25, -0.2) is 4.99 Å². The molecule has 1 saturated heterocycles. The molecule has 2 amide bonds. The molecule has 136 valence electrons. The molecule has 0 unspecified atom stereocenters. The predicted octanol–water partition coefficient (Wildman–Crippen LogP) is 0.722. The van der Waals surface area contributed by atoms with Gasteiger partial charge in [-0.1, -0.05) is 12.1 Å². The molecule has 0 aliphatic carbocycles. The van der Waals surface area contributed by atoms with Crippen LogP contribution in [-0.2, 0) is 11.3 Å². The zero-order valence-corrected chi connectivity index (χ0v) is 15.1. The summed E-state index contributed by atoms with van der Waals surface area (Å²) < 4.78 is 0. The van der Waals surface area contributed by atoms with Gasteiger partial charge < -0.3 is 20.9 Å². The lowest BCUT2D eigenvalue weighted by Gasteiger charge is -2.26. The van der Waals surface area contributed by atoms with Crippen molar-refractivity contribution in [3.8, 4) is 0 Å². The van der Waals surface area contributed by atoms with Gasteiger partial charge in [-0.15, -0.1) is 0 Å². The molecule has 1 aromatic carbocycles. The lowest BCUT2D eigenvalue weighted by molar-refractivity contribution is -0.123. The Morgan fingerprint density at radius 1 is 1.32 bits per heavy atom. The summed E-state index contributed by atoms with van der Waals surface area (Å²) in [6.07, 6.45) is 0. The smallest absolute Gasteiger partial charge is 0.254 e. The standard InChI is InChI=1S/C18H27N5O2/c1-4-19-18(22-13(2)3)21-11-14-5-7-15(8-6-14)17(25)23-10-9-20-16(24)12-23/h5-8,13H,4,9-12H2,1-3H3,(H,20,24)(H2,19,21,22). The zero-order chi connectivity index (χ0) is 18.2. The molecule has 2 rings (SSSR count). The van der Waals surface area contributed by atoms with Crippen molar-refractivity contribution in [2.45, 2.75) is 33.4 Å². The largest absolute Gasteiger partial charge is 0.357 e. The van der Waals surface area contributed by atoms with E-state index in [0.29, 0.717) is 31.2 Å². The van der Waals surface area contributed by atoms with Gasteiger partial charge in [0, 0.05) is 31.2 Å². The van der Waals surface area contributed by atoms with Crippen molar-refractivity contribution in [2.24, 2.45) is 4.99 Å². The van der Waals surface area contributed by atoms with E-state index >= 15 is 0 Å². The second kappa shape index (κ2) is 9.05. The fourth-order valence-electron chi connectivity index (χ4n) is 2.51. The Labute approximate surface area is 148 Å². The van der Waals surface area contributed by atoms with E-state index in [9.17, 15) is 9.59 Å². The van der Waals surface area contributed by atoms with Crippen LogP contribution in [0.3, 0.4) is 0 Å². The van der Waals surface area contributed by atoms with Gasteiger partial charge in [0.1, 0.15) is 0 Å². The normalized spacial score (nSPS) is 15.1. The molecular weight excluding hydrogens is 318 g/mol. The summed E-state index contributed by atoms with van der Waals surface area (Å²) in [5.41, 5.74) is 1.61. The van der Waals surface area contributed by atoms with Gasteiger partial charge in [-0.3, -0.25) is 9.59 Å². The van der Waals surface area contributed by atoms with Gasteiger partial charge >= 0.3 is 0 Å². The van der Waals surface area contributed by atoms with Gasteiger partial charge in [0.25, 0.3) is 5.91 Å². The first kappa shape index (κ1) is 18.8. The lowest BCUT2D eigenvalue weighted by atomic mass is 10.1. The molecule has 0 atom stereocenters. The number of amides is 2. The number of guanidine groups is 1. The van der Waals surface area contributed by atoms with Crippen molar-refractivity contribution in [3.05, 3.63) is 35.4 Å². The molecule has 1 aromatic rings. The minimum absolute atomic E-state index is 0.111. The first-order valence-corrected chi connectivity index (χ1v) is 8.69. The van der Waals surface area contributed by atoms with E-state index < -0.39 is 0 Å². The Kier molecular flexibility index (Phi) is 6.80. The molecule has 1 aliphatic rings. The van der Waals surface area contributed by atoms with E-state index in [0.717, 1.165) is 18.1 Å². The number of aliphatic imine (C=N–C) groups is 1. The Bertz CT molecular complexity index is 625. The van der Waals surface area contributed by atoms with Crippen molar-refractivity contribution in [2.75, 3.05) is 26.2 Å². The topological polar surface area (TPSA) is 85.8 Å². The molecule has 0 bridgehead atoms. The van der Waals surface area contributed by atoms with Crippen LogP contribution in [0.15, 0.2) is 29.3 Å². The quantitative estimate of drug-likeness (QED) is 0.542. The number of hydrogen-bond donors (Lipinski definition) is 3. The van der Waals surface area contributed by atoms with Gasteiger partial charge in [0.2, 0.25) is 5.91 Å². The molecule has 1 heterocycles. The van der Waals surface area contributed by atoms with Crippen LogP contribution in [0.1, 0.15) is 36.7 Å². The minimum Gasteiger partial charge on any atom is -0.357 e. The van der Waals surface area contributed by atoms with Crippen LogP contribution in [0.4, 0.5) is 0 Å². The van der Waals surface area contributed by atoms with E-state index in [1.807, 2.05) is 19.1 Å². The number of rotatable bonds is 5. The molecule has 7 nitrogen and oxygen atoms in total.